The van der Waals surface area contributed by atoms with E-state index in [9.17, 15) is 5.11 Å². The molecule has 0 amide bonds. The smallest absolute Gasteiger partial charge is 0.231 e. The van der Waals surface area contributed by atoms with Crippen LogP contribution in [0.4, 0.5) is 5.82 Å². The minimum absolute atomic E-state index is 0.0801. The van der Waals surface area contributed by atoms with Crippen molar-refractivity contribution in [2.75, 3.05) is 19.2 Å². The van der Waals surface area contributed by atoms with Crippen LogP contribution in [0.3, 0.4) is 0 Å². The van der Waals surface area contributed by atoms with E-state index in [4.69, 9.17) is 19.2 Å². The van der Waals surface area contributed by atoms with Gasteiger partial charge in [-0.05, 0) is 35.9 Å². The average Bonchev–Trinajstić information content (AvgIpc) is 3.36. The number of hydrogen-bond acceptors (Lipinski definition) is 7. The summed E-state index contributed by atoms with van der Waals surface area (Å²) >= 11 is 0. The number of rotatable bonds is 5. The molecule has 0 atom stereocenters. The summed E-state index contributed by atoms with van der Waals surface area (Å²) in [6.07, 6.45) is 5.26. The molecule has 0 fully saturated rings. The molecule has 2 aromatic carbocycles. The molecule has 2 N–H and O–H groups in total. The van der Waals surface area contributed by atoms with Gasteiger partial charge in [-0.25, -0.2) is 4.98 Å². The molecule has 8 heteroatoms. The lowest BCUT2D eigenvalue weighted by molar-refractivity contribution is 0.174. The third-order valence-corrected chi connectivity index (χ3v) is 4.78. The molecule has 3 heterocycles. The van der Waals surface area contributed by atoms with Gasteiger partial charge in [-0.1, -0.05) is 6.07 Å². The van der Waals surface area contributed by atoms with E-state index in [1.54, 1.807) is 30.6 Å². The first-order chi connectivity index (χ1) is 14.2. The van der Waals surface area contributed by atoms with Crippen molar-refractivity contribution in [2.45, 2.75) is 6.54 Å². The van der Waals surface area contributed by atoms with E-state index < -0.39 is 0 Å². The van der Waals surface area contributed by atoms with Crippen molar-refractivity contribution >= 4 is 11.5 Å². The zero-order chi connectivity index (χ0) is 19.8. The molecule has 146 valence electrons. The number of aromatic nitrogens is 3. The van der Waals surface area contributed by atoms with E-state index in [1.165, 1.54) is 7.11 Å². The lowest BCUT2D eigenvalue weighted by Crippen LogP contribution is -2.03. The van der Waals surface area contributed by atoms with E-state index in [1.807, 2.05) is 28.8 Å². The Hall–Kier alpha value is -3.94. The van der Waals surface area contributed by atoms with Crippen LogP contribution < -0.4 is 19.5 Å². The van der Waals surface area contributed by atoms with Crippen molar-refractivity contribution in [2.24, 2.45) is 0 Å². The monoisotopic (exact) mass is 390 g/mol. The number of phenols is 1. The Kier molecular flexibility index (Phi) is 4.09. The van der Waals surface area contributed by atoms with Crippen molar-refractivity contribution in [1.82, 2.24) is 14.4 Å². The fourth-order valence-corrected chi connectivity index (χ4v) is 3.34. The Morgan fingerprint density at radius 2 is 2.07 bits per heavy atom. The normalized spacial score (nSPS) is 12.3. The van der Waals surface area contributed by atoms with Gasteiger partial charge in [0.05, 0.1) is 13.3 Å². The highest BCUT2D eigenvalue weighted by Gasteiger charge is 2.17. The molecule has 8 nitrogen and oxygen atoms in total. The van der Waals surface area contributed by atoms with E-state index >= 15 is 0 Å². The molecule has 0 unspecified atom stereocenters. The number of ether oxygens (including phenoxy) is 3. The topological polar surface area (TPSA) is 90.1 Å². The number of benzene rings is 2. The second-order valence-electron chi connectivity index (χ2n) is 6.54. The van der Waals surface area contributed by atoms with Gasteiger partial charge >= 0.3 is 0 Å². The number of nitrogens with one attached hydrogen (secondary N) is 1. The van der Waals surface area contributed by atoms with Gasteiger partial charge in [0.2, 0.25) is 6.79 Å². The Bertz CT molecular complexity index is 1200. The molecular weight excluding hydrogens is 372 g/mol. The zero-order valence-electron chi connectivity index (χ0n) is 15.6. The zero-order valence-corrected chi connectivity index (χ0v) is 15.6. The van der Waals surface area contributed by atoms with Crippen LogP contribution in [-0.2, 0) is 6.54 Å². The quantitative estimate of drug-likeness (QED) is 0.539. The van der Waals surface area contributed by atoms with Crippen LogP contribution in [0.15, 0.2) is 55.0 Å². The van der Waals surface area contributed by atoms with E-state index in [-0.39, 0.29) is 12.5 Å². The van der Waals surface area contributed by atoms with Crippen molar-refractivity contribution in [3.8, 4) is 34.3 Å². The summed E-state index contributed by atoms with van der Waals surface area (Å²) in [5, 5.41) is 13.4. The Balaban J connectivity index is 1.53. The highest BCUT2D eigenvalue weighted by atomic mass is 16.7. The van der Waals surface area contributed by atoms with Crippen LogP contribution in [0.1, 0.15) is 5.56 Å². The van der Waals surface area contributed by atoms with E-state index in [0.29, 0.717) is 17.9 Å². The number of fused-ring (bicyclic) bond motifs is 2. The van der Waals surface area contributed by atoms with Gasteiger partial charge in [0.15, 0.2) is 28.6 Å². The molecule has 0 aliphatic carbocycles. The first-order valence-electron chi connectivity index (χ1n) is 9.05. The molecule has 1 aliphatic heterocycles. The maximum absolute atomic E-state index is 9.92. The third kappa shape index (κ3) is 3.04. The van der Waals surface area contributed by atoms with Gasteiger partial charge < -0.3 is 24.6 Å². The first kappa shape index (κ1) is 17.2. The minimum Gasteiger partial charge on any atom is -0.504 e. The SMILES string of the molecule is COc1cc(-c2nc3cnccn3c2NCc2ccc3c(c2)OCO3)ccc1O. The summed E-state index contributed by atoms with van der Waals surface area (Å²) in [5.41, 5.74) is 3.31. The highest BCUT2D eigenvalue weighted by molar-refractivity contribution is 5.77. The number of nitrogens with zero attached hydrogens (tertiary/aromatic N) is 3. The highest BCUT2D eigenvalue weighted by Crippen LogP contribution is 2.36. The number of aromatic hydroxyl groups is 1. The minimum atomic E-state index is 0.0801. The molecular formula is C21H18N4O4. The Morgan fingerprint density at radius 1 is 1.17 bits per heavy atom. The van der Waals surface area contributed by atoms with Crippen molar-refractivity contribution in [3.63, 3.8) is 0 Å². The summed E-state index contributed by atoms with van der Waals surface area (Å²) in [7, 11) is 1.52. The van der Waals surface area contributed by atoms with Gasteiger partial charge in [0.25, 0.3) is 0 Å². The summed E-state index contributed by atoms with van der Waals surface area (Å²) in [5.74, 6) is 2.78. The van der Waals surface area contributed by atoms with Crippen LogP contribution in [-0.4, -0.2) is 33.4 Å². The molecule has 0 saturated heterocycles. The maximum atomic E-state index is 9.92. The van der Waals surface area contributed by atoms with Crippen LogP contribution in [0, 0.1) is 0 Å². The fraction of sp³-hybridized carbons (Fsp3) is 0.143. The van der Waals surface area contributed by atoms with Crippen LogP contribution in [0.2, 0.25) is 0 Å². The first-order valence-corrected chi connectivity index (χ1v) is 9.05. The number of methoxy groups -OCH3 is 1. The van der Waals surface area contributed by atoms with E-state index in [2.05, 4.69) is 10.3 Å². The summed E-state index contributed by atoms with van der Waals surface area (Å²) in [4.78, 5) is 8.87. The van der Waals surface area contributed by atoms with Gasteiger partial charge in [-0.15, -0.1) is 0 Å². The predicted molar refractivity (Wildman–Crippen MR) is 107 cm³/mol. The maximum Gasteiger partial charge on any atom is 0.231 e. The molecule has 5 rings (SSSR count). The number of anilines is 1. The third-order valence-electron chi connectivity index (χ3n) is 4.78. The van der Waals surface area contributed by atoms with Crippen LogP contribution in [0.25, 0.3) is 16.9 Å². The van der Waals surface area contributed by atoms with Gasteiger partial charge in [0, 0.05) is 24.5 Å². The summed E-state index contributed by atoms with van der Waals surface area (Å²) < 4.78 is 18.0. The molecule has 29 heavy (non-hydrogen) atoms. The largest absolute Gasteiger partial charge is 0.504 e. The fourth-order valence-electron chi connectivity index (χ4n) is 3.34. The van der Waals surface area contributed by atoms with Gasteiger partial charge in [0.1, 0.15) is 11.5 Å². The molecule has 0 spiro atoms. The van der Waals surface area contributed by atoms with E-state index in [0.717, 1.165) is 34.1 Å². The van der Waals surface area contributed by atoms with Gasteiger partial charge in [-0.2, -0.15) is 0 Å². The summed E-state index contributed by atoms with van der Waals surface area (Å²) in [6, 6.07) is 11.0. The molecule has 0 bridgehead atoms. The number of phenolic OH excluding ortho intramolecular Hbond substituents is 1. The molecule has 0 radical (unpaired) electrons. The van der Waals surface area contributed by atoms with Crippen LogP contribution >= 0.6 is 0 Å². The molecule has 0 saturated carbocycles. The predicted octanol–water partition coefficient (Wildman–Crippen LogP) is 3.45. The average molecular weight is 390 g/mol. The van der Waals surface area contributed by atoms with Crippen molar-refractivity contribution in [1.29, 1.82) is 0 Å². The number of hydrogen-bond donors (Lipinski definition) is 2. The molecule has 1 aliphatic rings. The second kappa shape index (κ2) is 6.90. The Labute approximate surface area is 166 Å². The van der Waals surface area contributed by atoms with Crippen molar-refractivity contribution in [3.05, 3.63) is 60.6 Å². The lowest BCUT2D eigenvalue weighted by Gasteiger charge is -2.10. The number of imidazole rings is 1. The van der Waals surface area contributed by atoms with Crippen molar-refractivity contribution < 1.29 is 19.3 Å². The molecule has 2 aromatic heterocycles. The van der Waals surface area contributed by atoms with Crippen LogP contribution in [0.5, 0.6) is 23.0 Å². The Morgan fingerprint density at radius 3 is 2.97 bits per heavy atom. The molecule has 4 aromatic rings. The standard InChI is InChI=1S/C21H18N4O4/c1-27-17-9-14(3-4-15(17)26)20-21(25-7-6-22-11-19(25)24-20)23-10-13-2-5-16-18(8-13)29-12-28-16/h2-9,11,23,26H,10,12H2,1H3. The lowest BCUT2D eigenvalue weighted by atomic mass is 10.1. The van der Waals surface area contributed by atoms with Gasteiger partial charge in [-0.3, -0.25) is 9.38 Å². The second-order valence-corrected chi connectivity index (χ2v) is 6.54. The summed E-state index contributed by atoms with van der Waals surface area (Å²) in [6.45, 7) is 0.814.